The fraction of sp³-hybridized carbons (Fsp3) is 0.125. The predicted molar refractivity (Wildman–Crippen MR) is 56.2 cm³/mol. The van der Waals surface area contributed by atoms with Crippen molar-refractivity contribution in [3.05, 3.63) is 30.4 Å². The molecular formula is C8H8N4S2. The quantitative estimate of drug-likeness (QED) is 0.856. The first-order chi connectivity index (χ1) is 6.90. The van der Waals surface area contributed by atoms with Gasteiger partial charge in [0.15, 0.2) is 4.34 Å². The highest BCUT2D eigenvalue weighted by atomic mass is 32.2. The third-order valence-electron chi connectivity index (χ3n) is 1.58. The van der Waals surface area contributed by atoms with E-state index < -0.39 is 0 Å². The topological polar surface area (TPSA) is 64.7 Å². The Morgan fingerprint density at radius 2 is 2.36 bits per heavy atom. The molecule has 0 fully saturated rings. The summed E-state index contributed by atoms with van der Waals surface area (Å²) in [5, 5.41) is 0. The summed E-state index contributed by atoms with van der Waals surface area (Å²) in [6, 6.07) is 3.88. The smallest absolute Gasteiger partial charge is 0.174 e. The van der Waals surface area contributed by atoms with Crippen molar-refractivity contribution >= 4 is 23.3 Å². The average Bonchev–Trinajstić information content (AvgIpc) is 2.71. The van der Waals surface area contributed by atoms with Crippen molar-refractivity contribution in [2.24, 2.45) is 5.73 Å². The average molecular weight is 224 g/mol. The highest BCUT2D eigenvalue weighted by Crippen LogP contribution is 2.29. The molecular weight excluding hydrogens is 216 g/mol. The minimum atomic E-state index is 0.446. The molecule has 0 atom stereocenters. The molecule has 0 unspecified atom stereocenters. The Morgan fingerprint density at radius 3 is 3.07 bits per heavy atom. The van der Waals surface area contributed by atoms with Gasteiger partial charge in [-0.1, -0.05) is 11.8 Å². The molecule has 72 valence electrons. The number of rotatable bonds is 3. The molecule has 2 N–H and O–H groups in total. The van der Waals surface area contributed by atoms with Gasteiger partial charge in [0.1, 0.15) is 6.33 Å². The lowest BCUT2D eigenvalue weighted by molar-refractivity contribution is 0.943. The lowest BCUT2D eigenvalue weighted by atomic mass is 10.3. The summed E-state index contributed by atoms with van der Waals surface area (Å²) >= 11 is 2.92. The molecule has 0 aromatic carbocycles. The molecule has 0 spiro atoms. The molecule has 0 aliphatic carbocycles. The number of hydrogen-bond donors (Lipinski definition) is 1. The van der Waals surface area contributed by atoms with E-state index in [1.807, 2.05) is 12.1 Å². The molecule has 2 aromatic rings. The first-order valence-electron chi connectivity index (χ1n) is 3.98. The van der Waals surface area contributed by atoms with E-state index in [9.17, 15) is 0 Å². The molecule has 2 rings (SSSR count). The molecule has 0 bridgehead atoms. The molecule has 0 radical (unpaired) electrons. The highest BCUT2D eigenvalue weighted by Gasteiger charge is 2.05. The van der Waals surface area contributed by atoms with Gasteiger partial charge in [-0.3, -0.25) is 4.98 Å². The van der Waals surface area contributed by atoms with Crippen LogP contribution >= 0.6 is 23.3 Å². The van der Waals surface area contributed by atoms with Crippen molar-refractivity contribution in [1.29, 1.82) is 0 Å². The minimum absolute atomic E-state index is 0.446. The van der Waals surface area contributed by atoms with Gasteiger partial charge in [0.05, 0.1) is 5.69 Å². The molecule has 2 aromatic heterocycles. The van der Waals surface area contributed by atoms with Crippen molar-refractivity contribution in [2.75, 3.05) is 0 Å². The second-order valence-electron chi connectivity index (χ2n) is 2.46. The fourth-order valence-corrected chi connectivity index (χ4v) is 2.49. The van der Waals surface area contributed by atoms with Crippen LogP contribution in [0, 0.1) is 0 Å². The summed E-state index contributed by atoms with van der Waals surface area (Å²) in [4.78, 5) is 9.32. The zero-order valence-electron chi connectivity index (χ0n) is 7.25. The monoisotopic (exact) mass is 224 g/mol. The maximum atomic E-state index is 5.57. The van der Waals surface area contributed by atoms with Gasteiger partial charge < -0.3 is 5.73 Å². The van der Waals surface area contributed by atoms with Crippen LogP contribution < -0.4 is 5.73 Å². The normalized spacial score (nSPS) is 10.4. The largest absolute Gasteiger partial charge is 0.325 e. The van der Waals surface area contributed by atoms with Crippen molar-refractivity contribution in [1.82, 2.24) is 14.3 Å². The van der Waals surface area contributed by atoms with E-state index in [-0.39, 0.29) is 0 Å². The summed E-state index contributed by atoms with van der Waals surface area (Å²) in [7, 11) is 0. The maximum Gasteiger partial charge on any atom is 0.174 e. The second-order valence-corrected chi connectivity index (χ2v) is 4.53. The second kappa shape index (κ2) is 4.50. The first-order valence-corrected chi connectivity index (χ1v) is 5.57. The van der Waals surface area contributed by atoms with Crippen LogP contribution in [0.4, 0.5) is 0 Å². The van der Waals surface area contributed by atoms with Gasteiger partial charge >= 0.3 is 0 Å². The summed E-state index contributed by atoms with van der Waals surface area (Å²) in [5.74, 6) is 0. The van der Waals surface area contributed by atoms with E-state index in [2.05, 4.69) is 14.3 Å². The number of aromatic nitrogens is 3. The van der Waals surface area contributed by atoms with E-state index in [4.69, 9.17) is 5.73 Å². The summed E-state index contributed by atoms with van der Waals surface area (Å²) in [6.07, 6.45) is 3.29. The van der Waals surface area contributed by atoms with E-state index in [1.165, 1.54) is 11.5 Å². The molecule has 4 nitrogen and oxygen atoms in total. The van der Waals surface area contributed by atoms with Gasteiger partial charge in [-0.05, 0) is 23.7 Å². The summed E-state index contributed by atoms with van der Waals surface area (Å²) in [5.41, 5.74) is 6.47. The summed E-state index contributed by atoms with van der Waals surface area (Å²) < 4.78 is 4.84. The van der Waals surface area contributed by atoms with E-state index in [0.29, 0.717) is 6.54 Å². The van der Waals surface area contributed by atoms with E-state index >= 15 is 0 Å². The van der Waals surface area contributed by atoms with Gasteiger partial charge in [0, 0.05) is 17.6 Å². The Balaban J connectivity index is 2.24. The Bertz CT molecular complexity index is 401. The Labute approximate surface area is 89.8 Å². The molecule has 0 saturated heterocycles. The van der Waals surface area contributed by atoms with Gasteiger partial charge in [-0.25, -0.2) is 4.98 Å². The Hall–Kier alpha value is -0.980. The molecule has 0 amide bonds. The van der Waals surface area contributed by atoms with Crippen LogP contribution in [0.2, 0.25) is 0 Å². The maximum absolute atomic E-state index is 5.57. The van der Waals surface area contributed by atoms with E-state index in [0.717, 1.165) is 14.9 Å². The standard InChI is InChI=1S/C8H8N4S2/c9-4-6-7(2-1-3-10-6)13-8-11-5-12-14-8/h1-3,5H,4,9H2. The van der Waals surface area contributed by atoms with Crippen molar-refractivity contribution in [2.45, 2.75) is 15.8 Å². The number of pyridine rings is 1. The van der Waals surface area contributed by atoms with Crippen molar-refractivity contribution in [3.8, 4) is 0 Å². The fourth-order valence-electron chi connectivity index (χ4n) is 0.971. The zero-order chi connectivity index (χ0) is 9.80. The Kier molecular flexibility index (Phi) is 3.07. The van der Waals surface area contributed by atoms with Crippen LogP contribution in [0.5, 0.6) is 0 Å². The number of hydrogen-bond acceptors (Lipinski definition) is 6. The number of nitrogens with two attached hydrogens (primary N) is 1. The molecule has 0 aliphatic heterocycles. The van der Waals surface area contributed by atoms with Gasteiger partial charge in [-0.15, -0.1) is 0 Å². The predicted octanol–water partition coefficient (Wildman–Crippen LogP) is 1.54. The zero-order valence-corrected chi connectivity index (χ0v) is 8.88. The van der Waals surface area contributed by atoms with Crippen LogP contribution in [-0.2, 0) is 6.54 Å². The van der Waals surface area contributed by atoms with Gasteiger partial charge in [0.25, 0.3) is 0 Å². The third kappa shape index (κ3) is 2.09. The van der Waals surface area contributed by atoms with Crippen LogP contribution in [0.15, 0.2) is 33.9 Å². The molecule has 0 aliphatic rings. The van der Waals surface area contributed by atoms with Crippen LogP contribution in [0.1, 0.15) is 5.69 Å². The molecule has 6 heteroatoms. The first kappa shape index (κ1) is 9.57. The van der Waals surface area contributed by atoms with Crippen LogP contribution in [-0.4, -0.2) is 14.3 Å². The molecule has 14 heavy (non-hydrogen) atoms. The lowest BCUT2D eigenvalue weighted by Crippen LogP contribution is -2.00. The van der Waals surface area contributed by atoms with Crippen molar-refractivity contribution in [3.63, 3.8) is 0 Å². The lowest BCUT2D eigenvalue weighted by Gasteiger charge is -2.02. The number of nitrogens with zero attached hydrogens (tertiary/aromatic N) is 3. The third-order valence-corrected chi connectivity index (χ3v) is 3.39. The Morgan fingerprint density at radius 1 is 1.43 bits per heavy atom. The van der Waals surface area contributed by atoms with Gasteiger partial charge in [-0.2, -0.15) is 4.37 Å². The summed E-state index contributed by atoms with van der Waals surface area (Å²) in [6.45, 7) is 0.446. The minimum Gasteiger partial charge on any atom is -0.325 e. The molecule has 2 heterocycles. The van der Waals surface area contributed by atoms with Crippen LogP contribution in [0.25, 0.3) is 0 Å². The van der Waals surface area contributed by atoms with E-state index in [1.54, 1.807) is 24.3 Å². The SMILES string of the molecule is NCc1ncccc1Sc1ncns1. The highest BCUT2D eigenvalue weighted by molar-refractivity contribution is 8.01. The van der Waals surface area contributed by atoms with Gasteiger partial charge in [0.2, 0.25) is 0 Å². The van der Waals surface area contributed by atoms with Crippen LogP contribution in [0.3, 0.4) is 0 Å². The van der Waals surface area contributed by atoms with Crippen molar-refractivity contribution < 1.29 is 0 Å². The molecule has 0 saturated carbocycles.